The third-order valence-electron chi connectivity index (χ3n) is 13.5. The van der Waals surface area contributed by atoms with Crippen LogP contribution < -0.4 is 14.8 Å². The van der Waals surface area contributed by atoms with Crippen LogP contribution in [0.4, 0.5) is 9.52 Å². The van der Waals surface area contributed by atoms with Gasteiger partial charge in [0.1, 0.15) is 35.2 Å². The highest BCUT2D eigenvalue weighted by Gasteiger charge is 2.65. The highest BCUT2D eigenvalue weighted by atomic mass is 32.1. The Morgan fingerprint density at radius 3 is 2.61 bits per heavy atom. The van der Waals surface area contributed by atoms with E-state index in [9.17, 15) is 19.0 Å². The van der Waals surface area contributed by atoms with Crippen LogP contribution in [0.5, 0.6) is 11.5 Å². The maximum absolute atomic E-state index is 15.2. The molecule has 1 saturated heterocycles. The first-order chi connectivity index (χ1) is 30.7. The summed E-state index contributed by atoms with van der Waals surface area (Å²) < 4.78 is 48.2. The fourth-order valence-corrected chi connectivity index (χ4v) is 13.4. The number of carbonyl (C=O) groups excluding carboxylic acids is 3. The summed E-state index contributed by atoms with van der Waals surface area (Å²) in [5.41, 5.74) is 2.57. The van der Waals surface area contributed by atoms with Crippen molar-refractivity contribution in [1.29, 1.82) is 0 Å². The average molecular weight is 915 g/mol. The number of fused-ring (bicyclic) bond motifs is 3. The number of carbonyl (C=O) groups is 3. The summed E-state index contributed by atoms with van der Waals surface area (Å²) in [5.74, 6) is -1.63. The number of allylic oxidation sites excluding steroid dienone is 2. The van der Waals surface area contributed by atoms with Gasteiger partial charge >= 0.3 is 5.97 Å². The molecule has 15 heteroatoms. The maximum atomic E-state index is 15.2. The number of hydrogen-bond acceptors (Lipinski definition) is 11. The van der Waals surface area contributed by atoms with Crippen LogP contribution in [-0.2, 0) is 29.8 Å². The Bertz CT molecular complexity index is 2430. The molecule has 2 aliphatic heterocycles. The fourth-order valence-electron chi connectivity index (χ4n) is 9.88. The summed E-state index contributed by atoms with van der Waals surface area (Å²) in [4.78, 5) is 66.8. The summed E-state index contributed by atoms with van der Waals surface area (Å²) in [7, 11) is -2.64. The molecule has 2 saturated carbocycles. The molecule has 64 heavy (non-hydrogen) atoms. The number of hydrogen-bond donors (Lipinski definition) is 2. The Kier molecular flexibility index (Phi) is 13.9. The number of thiazole rings is 1. The Balaban J connectivity index is 1.14. The monoisotopic (exact) mass is 914 g/mol. The van der Waals surface area contributed by atoms with Gasteiger partial charge in [0.25, 0.3) is 0 Å². The molecule has 4 heterocycles. The summed E-state index contributed by atoms with van der Waals surface area (Å²) in [6.07, 6.45) is 9.98. The largest absolute Gasteiger partial charge is 0.497 e. The molecule has 4 aliphatic rings. The van der Waals surface area contributed by atoms with E-state index in [4.69, 9.17) is 24.2 Å². The van der Waals surface area contributed by atoms with Gasteiger partial charge in [-0.1, -0.05) is 37.1 Å². The number of amides is 1. The third kappa shape index (κ3) is 10.1. The molecule has 0 bridgehead atoms. The van der Waals surface area contributed by atoms with E-state index in [2.05, 4.69) is 5.32 Å². The second-order valence-electron chi connectivity index (χ2n) is 18.5. The van der Waals surface area contributed by atoms with Gasteiger partial charge < -0.3 is 29.3 Å². The molecule has 0 radical (unpaired) electrons. The van der Waals surface area contributed by atoms with Gasteiger partial charge in [-0.15, -0.1) is 11.3 Å². The van der Waals surface area contributed by atoms with Gasteiger partial charge in [-0.2, -0.15) is 0 Å². The van der Waals surface area contributed by atoms with Gasteiger partial charge in [-0.05, 0) is 102 Å². The fraction of sp³-hybridized carbons (Fsp3) is 0.531. The van der Waals surface area contributed by atoms with Gasteiger partial charge in [-0.25, -0.2) is 14.4 Å². The van der Waals surface area contributed by atoms with Crippen LogP contribution in [0, 0.1) is 24.6 Å². The number of aryl methyl sites for hydroxylation is 1. The average Bonchev–Trinajstić information content (AvgIpc) is 3.67. The molecule has 2 N–H and O–H groups in total. The Morgan fingerprint density at radius 1 is 1.05 bits per heavy atom. The summed E-state index contributed by atoms with van der Waals surface area (Å²) in [6, 6.07) is 11.1. The van der Waals surface area contributed by atoms with Crippen LogP contribution in [-0.4, -0.2) is 80.5 Å². The predicted molar refractivity (Wildman–Crippen MR) is 247 cm³/mol. The van der Waals surface area contributed by atoms with Crippen molar-refractivity contribution in [3.8, 4) is 22.9 Å². The molecular weight excluding hydrogens is 855 g/mol. The second-order valence-corrected chi connectivity index (χ2v) is 22.0. The second kappa shape index (κ2) is 19.4. The van der Waals surface area contributed by atoms with E-state index in [1.54, 1.807) is 31.1 Å². The molecular formula is C49H60FN4O8PS. The number of Topliss-reactive ketones (excluding diaryl/α,β-unsaturated/α-hetero) is 1. The first-order valence-corrected chi connectivity index (χ1v) is 25.6. The van der Waals surface area contributed by atoms with Crippen molar-refractivity contribution in [3.63, 3.8) is 0 Å². The molecule has 2 aromatic carbocycles. The van der Waals surface area contributed by atoms with Crippen molar-refractivity contribution in [1.82, 2.24) is 14.9 Å². The zero-order valence-electron chi connectivity index (χ0n) is 37.2. The Morgan fingerprint density at radius 2 is 1.84 bits per heavy atom. The van der Waals surface area contributed by atoms with Crippen LogP contribution in [0.3, 0.4) is 0 Å². The molecule has 6 atom stereocenters. The van der Waals surface area contributed by atoms with Gasteiger partial charge in [0.15, 0.2) is 10.9 Å². The highest BCUT2D eigenvalue weighted by Crippen LogP contribution is 2.74. The number of nitrogens with one attached hydrogen (secondary N) is 1. The predicted octanol–water partition coefficient (Wildman–Crippen LogP) is 10.2. The molecule has 3 fully saturated rings. The molecule has 8 rings (SSSR count). The quantitative estimate of drug-likeness (QED) is 0.0792. The van der Waals surface area contributed by atoms with E-state index in [1.807, 2.05) is 55.6 Å². The molecule has 342 valence electrons. The minimum absolute atomic E-state index is 0.0550. The number of rotatable bonds is 12. The summed E-state index contributed by atoms with van der Waals surface area (Å²) in [5, 5.41) is 5.40. The SMILES string of the molecule is COc1ccc2c(O[C@@H]3C[C@H]4C(=O)C[C@]5(P(=O)(O)Cc6c(C)cccc6F)C[C@H]5/C=C\CCCCC[C@H](CC(=O)OC5CCCC5)C(=O)N4C3)cc(-c3csc(NC(C)C)n3)nc2c1. The van der Waals surface area contributed by atoms with Crippen molar-refractivity contribution in [2.24, 2.45) is 11.8 Å². The molecule has 1 unspecified atom stereocenters. The van der Waals surface area contributed by atoms with Crippen molar-refractivity contribution < 1.29 is 42.4 Å². The number of nitrogens with zero attached hydrogens (tertiary/aromatic N) is 3. The lowest BCUT2D eigenvalue weighted by atomic mass is 9.94. The first-order valence-electron chi connectivity index (χ1n) is 22.9. The van der Waals surface area contributed by atoms with E-state index in [1.165, 1.54) is 17.4 Å². The number of ether oxygens (including phenoxy) is 3. The lowest BCUT2D eigenvalue weighted by Gasteiger charge is -2.30. The maximum Gasteiger partial charge on any atom is 0.306 e. The standard InChI is InChI=1S/C49H60FN4O8PS/c1-30(2)51-48-53-42(29-64-48)41-24-45(37-20-19-35(60-4)22-40(37)52-41)61-36-23-43-44(55)26-49(63(58,59)28-38-31(3)13-12-18-39(38)50)25-33(49)15-9-7-5-6-8-14-32(47(57)54(43)27-36)21-46(56)62-34-16-10-11-17-34/h9,12-13,15,18-20,22,24,29-30,32-34,36,43H,5-8,10-11,14,16-17,21,23,25-28H2,1-4H3,(H,51,53)(H,58,59)/b15-9-/t32-,33-,36-,43+,49-/m1/s1. The van der Waals surface area contributed by atoms with Crippen LogP contribution in [0.2, 0.25) is 0 Å². The normalized spacial score (nSPS) is 25.8. The van der Waals surface area contributed by atoms with Gasteiger partial charge in [0, 0.05) is 53.3 Å². The Hall–Kier alpha value is -4.65. The van der Waals surface area contributed by atoms with Crippen molar-refractivity contribution >= 4 is 52.4 Å². The highest BCUT2D eigenvalue weighted by molar-refractivity contribution is 7.59. The smallest absolute Gasteiger partial charge is 0.306 e. The van der Waals surface area contributed by atoms with Crippen LogP contribution in [0.1, 0.15) is 108 Å². The van der Waals surface area contributed by atoms with E-state index in [0.29, 0.717) is 58.6 Å². The van der Waals surface area contributed by atoms with Gasteiger partial charge in [-0.3, -0.25) is 18.9 Å². The molecule has 2 aliphatic carbocycles. The van der Waals surface area contributed by atoms with Gasteiger partial charge in [0.2, 0.25) is 13.3 Å². The van der Waals surface area contributed by atoms with E-state index < -0.39 is 48.5 Å². The first kappa shape index (κ1) is 45.9. The topological polar surface area (TPSA) is 157 Å². The van der Waals surface area contributed by atoms with Gasteiger partial charge in [0.05, 0.1) is 48.6 Å². The number of esters is 1. The minimum atomic E-state index is -4.23. The van der Waals surface area contributed by atoms with E-state index in [-0.39, 0.29) is 61.1 Å². The van der Waals surface area contributed by atoms with Crippen molar-refractivity contribution in [2.45, 2.75) is 140 Å². The number of aromatic nitrogens is 2. The zero-order valence-corrected chi connectivity index (χ0v) is 38.9. The number of methoxy groups -OCH3 is 1. The molecule has 4 aromatic rings. The van der Waals surface area contributed by atoms with Crippen molar-refractivity contribution in [3.05, 3.63) is 76.9 Å². The van der Waals surface area contributed by atoms with Crippen LogP contribution in [0.15, 0.2) is 60.0 Å². The molecule has 12 nitrogen and oxygen atoms in total. The van der Waals surface area contributed by atoms with Crippen LogP contribution in [0.25, 0.3) is 22.3 Å². The third-order valence-corrected chi connectivity index (χ3v) is 17.1. The number of anilines is 1. The molecule has 1 amide bonds. The summed E-state index contributed by atoms with van der Waals surface area (Å²) in [6.45, 7) is 5.85. The summed E-state index contributed by atoms with van der Waals surface area (Å²) >= 11 is 1.47. The Labute approximate surface area is 378 Å². The number of benzene rings is 2. The zero-order chi connectivity index (χ0) is 45.2. The van der Waals surface area contributed by atoms with E-state index in [0.717, 1.165) is 50.1 Å². The van der Waals surface area contributed by atoms with Crippen LogP contribution >= 0.6 is 18.7 Å². The number of halogens is 1. The number of pyridine rings is 1. The number of ketones is 1. The van der Waals surface area contributed by atoms with E-state index >= 15 is 9.18 Å². The van der Waals surface area contributed by atoms with Crippen molar-refractivity contribution in [2.75, 3.05) is 19.0 Å². The molecule has 0 spiro atoms. The molecule has 2 aromatic heterocycles. The lowest BCUT2D eigenvalue weighted by Crippen LogP contribution is -2.45. The minimum Gasteiger partial charge on any atom is -0.497 e. The lowest BCUT2D eigenvalue weighted by molar-refractivity contribution is -0.154.